The molecule has 5 nitrogen and oxygen atoms in total. The van der Waals surface area contributed by atoms with Gasteiger partial charge in [0.2, 0.25) is 5.91 Å². The highest BCUT2D eigenvalue weighted by molar-refractivity contribution is 6.08. The molecule has 0 fully saturated rings. The molecule has 4 rings (SSSR count). The standard InChI is InChI=1S/C29H25NO4/c1-34-29(33)26(30-27(31)19-21-13-14-22-7-5-6-10-25(22)17-21)18-20-11-15-24(16-12-20)28(32)23-8-3-2-4-9-23/h2-17,26H,18-19H2,1H3,(H,30,31)/t26-/m1/s1. The topological polar surface area (TPSA) is 72.5 Å². The summed E-state index contributed by atoms with van der Waals surface area (Å²) in [6.45, 7) is 0. The number of ether oxygens (including phenoxy) is 1. The van der Waals surface area contributed by atoms with Gasteiger partial charge in [0.05, 0.1) is 13.5 Å². The number of carbonyl (C=O) groups is 3. The van der Waals surface area contributed by atoms with Crippen molar-refractivity contribution in [3.8, 4) is 0 Å². The number of hydrogen-bond donors (Lipinski definition) is 1. The second-order valence-electron chi connectivity index (χ2n) is 8.10. The molecular formula is C29H25NO4. The smallest absolute Gasteiger partial charge is 0.328 e. The third-order valence-corrected chi connectivity index (χ3v) is 5.69. The molecule has 0 spiro atoms. The van der Waals surface area contributed by atoms with Crippen molar-refractivity contribution >= 4 is 28.4 Å². The van der Waals surface area contributed by atoms with Crippen molar-refractivity contribution in [3.63, 3.8) is 0 Å². The Kier molecular flexibility index (Phi) is 7.13. The molecule has 34 heavy (non-hydrogen) atoms. The molecule has 170 valence electrons. The van der Waals surface area contributed by atoms with Gasteiger partial charge in [-0.2, -0.15) is 0 Å². The quantitative estimate of drug-likeness (QED) is 0.316. The van der Waals surface area contributed by atoms with Crippen LogP contribution in [0.1, 0.15) is 27.0 Å². The van der Waals surface area contributed by atoms with Crippen molar-refractivity contribution in [2.24, 2.45) is 0 Å². The Labute approximate surface area is 198 Å². The highest BCUT2D eigenvalue weighted by Crippen LogP contribution is 2.16. The number of methoxy groups -OCH3 is 1. The maximum absolute atomic E-state index is 12.7. The Morgan fingerprint density at radius 3 is 2.06 bits per heavy atom. The Morgan fingerprint density at radius 1 is 0.735 bits per heavy atom. The molecule has 1 N–H and O–H groups in total. The highest BCUT2D eigenvalue weighted by atomic mass is 16.5. The highest BCUT2D eigenvalue weighted by Gasteiger charge is 2.22. The van der Waals surface area contributed by atoms with E-state index in [0.717, 1.165) is 21.9 Å². The van der Waals surface area contributed by atoms with Crippen LogP contribution in [0, 0.1) is 0 Å². The molecule has 1 atom stereocenters. The Morgan fingerprint density at radius 2 is 1.35 bits per heavy atom. The zero-order valence-corrected chi connectivity index (χ0v) is 18.9. The number of benzene rings is 4. The average molecular weight is 452 g/mol. The molecule has 5 heteroatoms. The van der Waals surface area contributed by atoms with Crippen LogP contribution in [0.15, 0.2) is 97.1 Å². The van der Waals surface area contributed by atoms with E-state index >= 15 is 0 Å². The lowest BCUT2D eigenvalue weighted by atomic mass is 9.99. The summed E-state index contributed by atoms with van der Waals surface area (Å²) >= 11 is 0. The summed E-state index contributed by atoms with van der Waals surface area (Å²) in [5, 5.41) is 4.96. The lowest BCUT2D eigenvalue weighted by Gasteiger charge is -2.17. The van der Waals surface area contributed by atoms with E-state index in [1.165, 1.54) is 7.11 Å². The van der Waals surface area contributed by atoms with Gasteiger partial charge in [-0.1, -0.05) is 97.1 Å². The largest absolute Gasteiger partial charge is 0.467 e. The minimum absolute atomic E-state index is 0.0691. The number of amides is 1. The van der Waals surface area contributed by atoms with Crippen molar-refractivity contribution in [2.45, 2.75) is 18.9 Å². The van der Waals surface area contributed by atoms with Crippen LogP contribution >= 0.6 is 0 Å². The summed E-state index contributed by atoms with van der Waals surface area (Å²) in [7, 11) is 1.30. The fraction of sp³-hybridized carbons (Fsp3) is 0.138. The van der Waals surface area contributed by atoms with Gasteiger partial charge in [0.25, 0.3) is 0 Å². The monoisotopic (exact) mass is 451 g/mol. The molecule has 0 aliphatic heterocycles. The van der Waals surface area contributed by atoms with Crippen molar-refractivity contribution < 1.29 is 19.1 Å². The van der Waals surface area contributed by atoms with Crippen LogP contribution in [0.25, 0.3) is 10.8 Å². The fourth-order valence-corrected chi connectivity index (χ4v) is 3.90. The van der Waals surface area contributed by atoms with Gasteiger partial charge in [0.15, 0.2) is 5.78 Å². The number of esters is 1. The van der Waals surface area contributed by atoms with E-state index in [0.29, 0.717) is 11.1 Å². The molecule has 4 aromatic carbocycles. The number of carbonyl (C=O) groups excluding carboxylic acids is 3. The van der Waals surface area contributed by atoms with E-state index in [1.54, 1.807) is 36.4 Å². The maximum atomic E-state index is 12.7. The summed E-state index contributed by atoms with van der Waals surface area (Å²) < 4.78 is 4.91. The van der Waals surface area contributed by atoms with Gasteiger partial charge in [-0.05, 0) is 21.9 Å². The van der Waals surface area contributed by atoms with Gasteiger partial charge in [0, 0.05) is 17.5 Å². The maximum Gasteiger partial charge on any atom is 0.328 e. The number of ketones is 1. The van der Waals surface area contributed by atoms with E-state index in [1.807, 2.05) is 60.7 Å². The summed E-state index contributed by atoms with van der Waals surface area (Å²) in [5.41, 5.74) is 2.85. The zero-order valence-electron chi connectivity index (χ0n) is 18.9. The molecule has 4 aromatic rings. The molecule has 0 heterocycles. The van der Waals surface area contributed by atoms with Gasteiger partial charge < -0.3 is 10.1 Å². The first-order chi connectivity index (χ1) is 16.5. The summed E-state index contributed by atoms with van der Waals surface area (Å²) in [4.78, 5) is 37.7. The van der Waals surface area contributed by atoms with E-state index in [-0.39, 0.29) is 24.5 Å². The summed E-state index contributed by atoms with van der Waals surface area (Å²) in [6.07, 6.45) is 0.415. The average Bonchev–Trinajstić information content (AvgIpc) is 2.88. The van der Waals surface area contributed by atoms with Crippen LogP contribution in [0.5, 0.6) is 0 Å². The van der Waals surface area contributed by atoms with Crippen LogP contribution < -0.4 is 5.32 Å². The number of fused-ring (bicyclic) bond motifs is 1. The Bertz CT molecular complexity index is 1310. The minimum Gasteiger partial charge on any atom is -0.467 e. The van der Waals surface area contributed by atoms with Crippen molar-refractivity contribution in [3.05, 3.63) is 119 Å². The Balaban J connectivity index is 1.42. The van der Waals surface area contributed by atoms with Crippen LogP contribution in [0.3, 0.4) is 0 Å². The van der Waals surface area contributed by atoms with Crippen LogP contribution in [-0.4, -0.2) is 30.8 Å². The van der Waals surface area contributed by atoms with Gasteiger partial charge in [-0.15, -0.1) is 0 Å². The molecule has 0 aliphatic rings. The molecule has 0 radical (unpaired) electrons. The van der Waals surface area contributed by atoms with Gasteiger partial charge in [-0.25, -0.2) is 4.79 Å². The molecule has 1 amide bonds. The minimum atomic E-state index is -0.825. The molecule has 0 aromatic heterocycles. The van der Waals surface area contributed by atoms with E-state index in [4.69, 9.17) is 4.74 Å². The van der Waals surface area contributed by atoms with Crippen molar-refractivity contribution in [2.75, 3.05) is 7.11 Å². The first-order valence-corrected chi connectivity index (χ1v) is 11.1. The van der Waals surface area contributed by atoms with Crippen LogP contribution in [0.2, 0.25) is 0 Å². The molecule has 0 bridgehead atoms. The molecule has 0 saturated heterocycles. The second kappa shape index (κ2) is 10.6. The SMILES string of the molecule is COC(=O)[C@@H](Cc1ccc(C(=O)c2ccccc2)cc1)NC(=O)Cc1ccc2ccccc2c1. The van der Waals surface area contributed by atoms with Gasteiger partial charge in [0.1, 0.15) is 6.04 Å². The van der Waals surface area contributed by atoms with E-state index in [2.05, 4.69) is 5.32 Å². The normalized spacial score (nSPS) is 11.6. The Hall–Kier alpha value is -4.25. The summed E-state index contributed by atoms with van der Waals surface area (Å²) in [5.74, 6) is -0.849. The zero-order chi connectivity index (χ0) is 23.9. The number of nitrogens with one attached hydrogen (secondary N) is 1. The molecule has 0 unspecified atom stereocenters. The molecule has 0 saturated carbocycles. The van der Waals surface area contributed by atoms with E-state index in [9.17, 15) is 14.4 Å². The van der Waals surface area contributed by atoms with Crippen molar-refractivity contribution in [1.29, 1.82) is 0 Å². The number of hydrogen-bond acceptors (Lipinski definition) is 4. The first-order valence-electron chi connectivity index (χ1n) is 11.1. The third-order valence-electron chi connectivity index (χ3n) is 5.69. The second-order valence-corrected chi connectivity index (χ2v) is 8.10. The predicted molar refractivity (Wildman–Crippen MR) is 132 cm³/mol. The van der Waals surface area contributed by atoms with Gasteiger partial charge in [-0.3, -0.25) is 9.59 Å². The first kappa shape index (κ1) is 22.9. The van der Waals surface area contributed by atoms with Crippen molar-refractivity contribution in [1.82, 2.24) is 5.32 Å². The lowest BCUT2D eigenvalue weighted by Crippen LogP contribution is -2.43. The molecular weight excluding hydrogens is 426 g/mol. The fourth-order valence-electron chi connectivity index (χ4n) is 3.90. The van der Waals surface area contributed by atoms with Gasteiger partial charge >= 0.3 is 5.97 Å². The van der Waals surface area contributed by atoms with E-state index < -0.39 is 12.0 Å². The molecule has 0 aliphatic carbocycles. The van der Waals surface area contributed by atoms with Crippen LogP contribution in [0.4, 0.5) is 0 Å². The third kappa shape index (κ3) is 5.56. The lowest BCUT2D eigenvalue weighted by molar-refractivity contribution is -0.145. The summed E-state index contributed by atoms with van der Waals surface area (Å²) in [6, 6.07) is 29.1. The van der Waals surface area contributed by atoms with Crippen LogP contribution in [-0.2, 0) is 27.2 Å². The number of rotatable bonds is 8. The predicted octanol–water partition coefficient (Wildman–Crippen LogP) is 4.51.